The molecule has 8 atom stereocenters. The van der Waals surface area contributed by atoms with Gasteiger partial charge in [0.2, 0.25) is 0 Å². The minimum Gasteiger partial charge on any atom is -0.393 e. The van der Waals surface area contributed by atoms with E-state index in [-0.39, 0.29) is 23.2 Å². The van der Waals surface area contributed by atoms with Crippen molar-refractivity contribution in [3.05, 3.63) is 11.6 Å². The zero-order valence-electron chi connectivity index (χ0n) is 19.6. The first kappa shape index (κ1) is 23.9. The fourth-order valence-corrected chi connectivity index (χ4v) is 8.67. The smallest absolute Gasteiger partial charge is 0.0577 e. The molecule has 4 aliphatic rings. The minimum atomic E-state index is -0.0766. The van der Waals surface area contributed by atoms with Crippen molar-refractivity contribution in [2.45, 2.75) is 111 Å². The van der Waals surface area contributed by atoms with Gasteiger partial charge in [0, 0.05) is 17.1 Å². The molecule has 0 amide bonds. The van der Waals surface area contributed by atoms with Crippen LogP contribution in [-0.2, 0) is 17.1 Å². The van der Waals surface area contributed by atoms with Crippen LogP contribution in [-0.4, -0.2) is 11.2 Å². The summed E-state index contributed by atoms with van der Waals surface area (Å²) < 4.78 is 0. The zero-order valence-corrected chi connectivity index (χ0v) is 20.6. The predicted molar refractivity (Wildman–Crippen MR) is 119 cm³/mol. The van der Waals surface area contributed by atoms with E-state index in [0.717, 1.165) is 48.3 Å². The fourth-order valence-electron chi connectivity index (χ4n) is 8.67. The molecule has 1 nitrogen and oxygen atoms in total. The first-order chi connectivity index (χ1) is 13.3. The molecular weight excluding hydrogens is 404 g/mol. The van der Waals surface area contributed by atoms with Crippen molar-refractivity contribution in [3.8, 4) is 0 Å². The number of hydrogen-bond donors (Lipinski definition) is 1. The van der Waals surface area contributed by atoms with E-state index >= 15 is 0 Å². The summed E-state index contributed by atoms with van der Waals surface area (Å²) in [5.41, 5.74) is 2.60. The SMILES string of the molecule is CC(C)CCC[C@@H](C)[C@H]1CC[C@H]2[C@@H]3CC=C4C[C@@H](O)CC[C@]4(C)[C@H]3CC[C@]12C.[Cu]. The number of aliphatic hydroxyl groups is 1. The van der Waals surface area contributed by atoms with Crippen molar-refractivity contribution in [1.29, 1.82) is 0 Å². The molecule has 0 aliphatic heterocycles. The Morgan fingerprint density at radius 2 is 1.76 bits per heavy atom. The minimum absolute atomic E-state index is 0. The molecule has 1 radical (unpaired) electrons. The summed E-state index contributed by atoms with van der Waals surface area (Å²) in [5, 5.41) is 10.2. The second-order valence-corrected chi connectivity index (χ2v) is 12.2. The summed E-state index contributed by atoms with van der Waals surface area (Å²) in [6.45, 7) is 12.6. The fraction of sp³-hybridized carbons (Fsp3) is 0.926. The van der Waals surface area contributed by atoms with Crippen LogP contribution in [0.4, 0.5) is 0 Å². The number of aliphatic hydroxyl groups excluding tert-OH is 1. The Bertz CT molecular complexity index is 597. The van der Waals surface area contributed by atoms with E-state index in [1.165, 1.54) is 57.8 Å². The third-order valence-corrected chi connectivity index (χ3v) is 10.3. The van der Waals surface area contributed by atoms with Crippen LogP contribution >= 0.6 is 0 Å². The number of allylic oxidation sites excluding steroid dienone is 1. The monoisotopic (exact) mass is 449 g/mol. The third-order valence-electron chi connectivity index (χ3n) is 10.3. The van der Waals surface area contributed by atoms with E-state index in [1.807, 2.05) is 0 Å². The first-order valence-electron chi connectivity index (χ1n) is 12.6. The Kier molecular flexibility index (Phi) is 7.40. The molecule has 4 aliphatic carbocycles. The van der Waals surface area contributed by atoms with Crippen LogP contribution in [0.15, 0.2) is 11.6 Å². The molecule has 0 aromatic heterocycles. The molecule has 0 spiro atoms. The molecule has 4 rings (SSSR count). The largest absolute Gasteiger partial charge is 0.393 e. The molecule has 171 valence electrons. The van der Waals surface area contributed by atoms with Crippen LogP contribution in [0.1, 0.15) is 105 Å². The Labute approximate surface area is 191 Å². The predicted octanol–water partition coefficient (Wildman–Crippen LogP) is 7.39. The van der Waals surface area contributed by atoms with E-state index in [2.05, 4.69) is 40.7 Å². The summed E-state index contributed by atoms with van der Waals surface area (Å²) in [6.07, 6.45) is 17.2. The average Bonchev–Trinajstić information content (AvgIpc) is 2.99. The van der Waals surface area contributed by atoms with Gasteiger partial charge in [-0.05, 0) is 97.7 Å². The second-order valence-electron chi connectivity index (χ2n) is 12.2. The van der Waals surface area contributed by atoms with Gasteiger partial charge < -0.3 is 5.11 Å². The van der Waals surface area contributed by atoms with Crippen LogP contribution in [0, 0.1) is 46.3 Å². The molecule has 0 unspecified atom stereocenters. The van der Waals surface area contributed by atoms with Crippen molar-refractivity contribution in [2.75, 3.05) is 0 Å². The maximum Gasteiger partial charge on any atom is 0.0577 e. The number of rotatable bonds is 5. The van der Waals surface area contributed by atoms with Crippen molar-refractivity contribution in [1.82, 2.24) is 0 Å². The molecule has 0 aromatic rings. The molecule has 0 saturated heterocycles. The van der Waals surface area contributed by atoms with Crippen molar-refractivity contribution < 1.29 is 22.2 Å². The Hall–Kier alpha value is 0.219. The van der Waals surface area contributed by atoms with Gasteiger partial charge in [-0.15, -0.1) is 0 Å². The molecule has 0 aromatic carbocycles. The van der Waals surface area contributed by atoms with E-state index < -0.39 is 0 Å². The maximum absolute atomic E-state index is 10.2. The molecule has 1 N–H and O–H groups in total. The molecule has 3 fully saturated rings. The Morgan fingerprint density at radius 1 is 1.00 bits per heavy atom. The van der Waals surface area contributed by atoms with Gasteiger partial charge in [-0.1, -0.05) is 65.5 Å². The standard InChI is InChI=1S/C27H46O.Cu/c1-18(2)7-6-8-19(3)23-11-12-24-22-10-9-20-17-21(28)13-15-26(20,4)25(22)14-16-27(23,24)5;/h9,18-19,21-25,28H,6-8,10-17H2,1-5H3;/t19-,21+,22+,23-,24+,25+,26+,27-;/m1./s1. The van der Waals surface area contributed by atoms with Gasteiger partial charge in [-0.2, -0.15) is 0 Å². The number of hydrogen-bond acceptors (Lipinski definition) is 1. The van der Waals surface area contributed by atoms with Gasteiger partial charge in [-0.3, -0.25) is 0 Å². The van der Waals surface area contributed by atoms with E-state index in [9.17, 15) is 5.11 Å². The second kappa shape index (κ2) is 8.99. The van der Waals surface area contributed by atoms with E-state index in [4.69, 9.17) is 0 Å². The zero-order chi connectivity index (χ0) is 20.1. The molecule has 3 saturated carbocycles. The topological polar surface area (TPSA) is 20.2 Å². The summed E-state index contributed by atoms with van der Waals surface area (Å²) in [4.78, 5) is 0. The summed E-state index contributed by atoms with van der Waals surface area (Å²) >= 11 is 0. The molecule has 2 heteroatoms. The van der Waals surface area contributed by atoms with Gasteiger partial charge in [0.25, 0.3) is 0 Å². The third kappa shape index (κ3) is 4.17. The van der Waals surface area contributed by atoms with Crippen LogP contribution in [0.2, 0.25) is 0 Å². The van der Waals surface area contributed by atoms with Gasteiger partial charge in [0.15, 0.2) is 0 Å². The van der Waals surface area contributed by atoms with Crippen molar-refractivity contribution in [2.24, 2.45) is 46.3 Å². The first-order valence-corrected chi connectivity index (χ1v) is 12.6. The van der Waals surface area contributed by atoms with Gasteiger partial charge in [0.1, 0.15) is 0 Å². The summed E-state index contributed by atoms with van der Waals surface area (Å²) in [6, 6.07) is 0. The summed E-state index contributed by atoms with van der Waals surface area (Å²) in [7, 11) is 0. The van der Waals surface area contributed by atoms with Crippen LogP contribution in [0.5, 0.6) is 0 Å². The molecule has 29 heavy (non-hydrogen) atoms. The van der Waals surface area contributed by atoms with Crippen LogP contribution < -0.4 is 0 Å². The van der Waals surface area contributed by atoms with Gasteiger partial charge >= 0.3 is 0 Å². The molecular formula is C27H46CuO. The van der Waals surface area contributed by atoms with E-state index in [0.29, 0.717) is 10.8 Å². The quantitative estimate of drug-likeness (QED) is 0.342. The number of fused-ring (bicyclic) bond motifs is 5. The molecule has 0 bridgehead atoms. The van der Waals surface area contributed by atoms with Crippen LogP contribution in [0.3, 0.4) is 0 Å². The summed E-state index contributed by atoms with van der Waals surface area (Å²) in [5.74, 6) is 5.46. The average molecular weight is 450 g/mol. The Morgan fingerprint density at radius 3 is 2.48 bits per heavy atom. The van der Waals surface area contributed by atoms with Crippen LogP contribution in [0.25, 0.3) is 0 Å². The Balaban J connectivity index is 0.00000240. The van der Waals surface area contributed by atoms with Crippen molar-refractivity contribution in [3.63, 3.8) is 0 Å². The van der Waals surface area contributed by atoms with Crippen molar-refractivity contribution >= 4 is 0 Å². The molecule has 0 heterocycles. The maximum atomic E-state index is 10.2. The van der Waals surface area contributed by atoms with E-state index in [1.54, 1.807) is 5.57 Å². The normalized spacial score (nSPS) is 44.9. The van der Waals surface area contributed by atoms with Gasteiger partial charge in [-0.25, -0.2) is 0 Å². The van der Waals surface area contributed by atoms with Gasteiger partial charge in [0.05, 0.1) is 6.10 Å².